The molecule has 24 heavy (non-hydrogen) atoms. The molecule has 0 aromatic heterocycles. The van der Waals surface area contributed by atoms with E-state index in [1.54, 1.807) is 25.3 Å². The molecule has 8 heteroatoms. The molecule has 1 amide bonds. The highest BCUT2D eigenvalue weighted by Gasteiger charge is 2.39. The Morgan fingerprint density at radius 2 is 1.96 bits per heavy atom. The topological polar surface area (TPSA) is 70.6 Å². The lowest BCUT2D eigenvalue weighted by molar-refractivity contribution is -0.136. The van der Waals surface area contributed by atoms with Gasteiger partial charge in [-0.3, -0.25) is 4.79 Å². The summed E-state index contributed by atoms with van der Waals surface area (Å²) in [4.78, 5) is 12.6. The van der Waals surface area contributed by atoms with Gasteiger partial charge in [0.1, 0.15) is 0 Å². The number of ether oxygens (including phenoxy) is 1. The van der Waals surface area contributed by atoms with E-state index in [-0.39, 0.29) is 24.9 Å². The quantitative estimate of drug-likeness (QED) is 0.690. The van der Waals surface area contributed by atoms with E-state index in [0.717, 1.165) is 13.1 Å². The molecule has 0 aliphatic carbocycles. The first-order valence-electron chi connectivity index (χ1n) is 7.60. The van der Waals surface area contributed by atoms with Gasteiger partial charge in [0.25, 0.3) is 0 Å². The van der Waals surface area contributed by atoms with Crippen molar-refractivity contribution in [1.82, 2.24) is 10.6 Å². The second-order valence-corrected chi connectivity index (χ2v) is 6.64. The number of carbonyl (C=O) groups excluding carboxylic acids is 1. The van der Waals surface area contributed by atoms with Gasteiger partial charge < -0.3 is 20.5 Å². The minimum Gasteiger partial charge on any atom is -0.386 e. The lowest BCUT2D eigenvalue weighted by Crippen LogP contribution is -2.50. The van der Waals surface area contributed by atoms with Crippen molar-refractivity contribution in [3.8, 4) is 0 Å². The lowest BCUT2D eigenvalue weighted by atomic mass is 9.78. The van der Waals surface area contributed by atoms with Gasteiger partial charge in [-0.25, -0.2) is 0 Å². The standard InChI is InChI=1S/C16H22Cl2N2O3.ClH/c1-23-10-16(5-7-19-8-6-16)15(22)20-9-13(21)14-11(17)3-2-4-12(14)18;/h2-4,13,19,21H,5-10H2,1H3,(H,20,22);1H. The van der Waals surface area contributed by atoms with E-state index in [0.29, 0.717) is 35.1 Å². The van der Waals surface area contributed by atoms with Crippen molar-refractivity contribution in [2.75, 3.05) is 33.4 Å². The normalized spacial score (nSPS) is 17.7. The maximum Gasteiger partial charge on any atom is 0.228 e. The molecule has 1 aromatic carbocycles. The summed E-state index contributed by atoms with van der Waals surface area (Å²) in [5.74, 6) is -0.108. The number of piperidine rings is 1. The number of rotatable bonds is 6. The van der Waals surface area contributed by atoms with E-state index in [9.17, 15) is 9.90 Å². The molecule has 1 atom stereocenters. The molecular formula is C16H23Cl3N2O3. The van der Waals surface area contributed by atoms with Gasteiger partial charge >= 0.3 is 0 Å². The van der Waals surface area contributed by atoms with Crippen LogP contribution in [-0.4, -0.2) is 44.4 Å². The number of aliphatic hydroxyl groups is 1. The highest BCUT2D eigenvalue weighted by atomic mass is 35.5. The van der Waals surface area contributed by atoms with Crippen LogP contribution in [0.3, 0.4) is 0 Å². The zero-order chi connectivity index (χ0) is 16.9. The van der Waals surface area contributed by atoms with Crippen LogP contribution in [0.25, 0.3) is 0 Å². The molecule has 0 radical (unpaired) electrons. The number of halogens is 3. The molecule has 3 N–H and O–H groups in total. The van der Waals surface area contributed by atoms with Crippen molar-refractivity contribution < 1.29 is 14.6 Å². The summed E-state index contributed by atoms with van der Waals surface area (Å²) in [6, 6.07) is 5.03. The van der Waals surface area contributed by atoms with Gasteiger partial charge in [-0.1, -0.05) is 29.3 Å². The summed E-state index contributed by atoms with van der Waals surface area (Å²) < 4.78 is 5.24. The third kappa shape index (κ3) is 4.97. The fourth-order valence-electron chi connectivity index (χ4n) is 2.93. The van der Waals surface area contributed by atoms with Crippen molar-refractivity contribution in [3.05, 3.63) is 33.8 Å². The molecule has 0 saturated carbocycles. The number of carbonyl (C=O) groups is 1. The minimum absolute atomic E-state index is 0. The number of hydrogen-bond acceptors (Lipinski definition) is 4. The van der Waals surface area contributed by atoms with Crippen molar-refractivity contribution >= 4 is 41.5 Å². The maximum atomic E-state index is 12.6. The van der Waals surface area contributed by atoms with Crippen LogP contribution in [0.2, 0.25) is 10.0 Å². The van der Waals surface area contributed by atoms with Crippen LogP contribution in [0.4, 0.5) is 0 Å². The van der Waals surface area contributed by atoms with Crippen LogP contribution in [0, 0.1) is 5.41 Å². The zero-order valence-corrected chi connectivity index (χ0v) is 15.8. The Balaban J connectivity index is 0.00000288. The molecule has 1 heterocycles. The van der Waals surface area contributed by atoms with E-state index in [1.165, 1.54) is 0 Å². The number of methoxy groups -OCH3 is 1. The van der Waals surface area contributed by atoms with Crippen LogP contribution in [0.1, 0.15) is 24.5 Å². The van der Waals surface area contributed by atoms with E-state index in [2.05, 4.69) is 10.6 Å². The van der Waals surface area contributed by atoms with Gasteiger partial charge in [0, 0.05) is 29.3 Å². The number of amides is 1. The third-order valence-corrected chi connectivity index (χ3v) is 4.91. The highest BCUT2D eigenvalue weighted by molar-refractivity contribution is 6.36. The Morgan fingerprint density at radius 3 is 2.50 bits per heavy atom. The number of benzene rings is 1. The molecule has 1 aromatic rings. The van der Waals surface area contributed by atoms with Crippen molar-refractivity contribution in [2.24, 2.45) is 5.41 Å². The Kier molecular flexibility index (Phi) is 8.77. The summed E-state index contributed by atoms with van der Waals surface area (Å²) in [6.45, 7) is 1.97. The Morgan fingerprint density at radius 1 is 1.38 bits per heavy atom. The SMILES string of the molecule is COCC1(C(=O)NCC(O)c2c(Cl)cccc2Cl)CCNCC1.Cl. The van der Waals surface area contributed by atoms with E-state index in [1.807, 2.05) is 0 Å². The molecule has 2 rings (SSSR count). The summed E-state index contributed by atoms with van der Waals surface area (Å²) in [5, 5.41) is 17.1. The number of aliphatic hydroxyl groups excluding tert-OH is 1. The first kappa shape index (κ1) is 21.5. The van der Waals surface area contributed by atoms with E-state index >= 15 is 0 Å². The molecule has 136 valence electrons. The van der Waals surface area contributed by atoms with Crippen molar-refractivity contribution in [2.45, 2.75) is 18.9 Å². The fourth-order valence-corrected chi connectivity index (χ4v) is 3.58. The van der Waals surface area contributed by atoms with Gasteiger partial charge in [-0.05, 0) is 38.1 Å². The Bertz CT molecular complexity index is 526. The second kappa shape index (κ2) is 9.80. The summed E-state index contributed by atoms with van der Waals surface area (Å²) in [6.07, 6.45) is 0.451. The molecule has 5 nitrogen and oxygen atoms in total. The minimum atomic E-state index is -0.957. The molecule has 1 aliphatic rings. The molecule has 1 fully saturated rings. The Labute approximate surface area is 158 Å². The van der Waals surface area contributed by atoms with Crippen LogP contribution in [-0.2, 0) is 9.53 Å². The zero-order valence-electron chi connectivity index (χ0n) is 13.5. The molecule has 0 spiro atoms. The van der Waals surface area contributed by atoms with Gasteiger partial charge in [0.15, 0.2) is 0 Å². The van der Waals surface area contributed by atoms with Gasteiger partial charge in [-0.15, -0.1) is 12.4 Å². The monoisotopic (exact) mass is 396 g/mol. The summed E-state index contributed by atoms with van der Waals surface area (Å²) >= 11 is 12.2. The highest BCUT2D eigenvalue weighted by Crippen LogP contribution is 2.32. The van der Waals surface area contributed by atoms with Crippen molar-refractivity contribution in [3.63, 3.8) is 0 Å². The fraction of sp³-hybridized carbons (Fsp3) is 0.562. The summed E-state index contributed by atoms with van der Waals surface area (Å²) in [5.41, 5.74) is -0.119. The Hall–Kier alpha value is -0.560. The van der Waals surface area contributed by atoms with E-state index < -0.39 is 11.5 Å². The molecule has 1 unspecified atom stereocenters. The first-order chi connectivity index (χ1) is 11.0. The second-order valence-electron chi connectivity index (χ2n) is 5.82. The predicted octanol–water partition coefficient (Wildman–Crippen LogP) is 2.58. The van der Waals surface area contributed by atoms with Gasteiger partial charge in [0.05, 0.1) is 18.1 Å². The van der Waals surface area contributed by atoms with E-state index in [4.69, 9.17) is 27.9 Å². The predicted molar refractivity (Wildman–Crippen MR) is 98.1 cm³/mol. The number of hydrogen-bond donors (Lipinski definition) is 3. The van der Waals surface area contributed by atoms with Crippen molar-refractivity contribution in [1.29, 1.82) is 0 Å². The average Bonchev–Trinajstić information content (AvgIpc) is 2.53. The maximum absolute atomic E-state index is 12.6. The third-order valence-electron chi connectivity index (χ3n) is 4.25. The molecule has 1 aliphatic heterocycles. The number of nitrogens with one attached hydrogen (secondary N) is 2. The summed E-state index contributed by atoms with van der Waals surface area (Å²) in [7, 11) is 1.59. The van der Waals surface area contributed by atoms with Crippen LogP contribution >= 0.6 is 35.6 Å². The largest absolute Gasteiger partial charge is 0.386 e. The smallest absolute Gasteiger partial charge is 0.228 e. The van der Waals surface area contributed by atoms with Crippen LogP contribution < -0.4 is 10.6 Å². The van der Waals surface area contributed by atoms with Gasteiger partial charge in [-0.2, -0.15) is 0 Å². The average molecular weight is 398 g/mol. The van der Waals surface area contributed by atoms with Crippen LogP contribution in [0.5, 0.6) is 0 Å². The van der Waals surface area contributed by atoms with Gasteiger partial charge in [0.2, 0.25) is 5.91 Å². The first-order valence-corrected chi connectivity index (χ1v) is 8.36. The molecule has 1 saturated heterocycles. The lowest BCUT2D eigenvalue weighted by Gasteiger charge is -2.35. The molecule has 0 bridgehead atoms. The van der Waals surface area contributed by atoms with Crippen LogP contribution in [0.15, 0.2) is 18.2 Å². The molecular weight excluding hydrogens is 375 g/mol.